The van der Waals surface area contributed by atoms with E-state index in [-0.39, 0.29) is 17.8 Å². The Balaban J connectivity index is 1.45. The summed E-state index contributed by atoms with van der Waals surface area (Å²) >= 11 is 0. The van der Waals surface area contributed by atoms with E-state index in [2.05, 4.69) is 15.3 Å². The molecule has 0 bridgehead atoms. The van der Waals surface area contributed by atoms with Crippen LogP contribution >= 0.6 is 0 Å². The largest absolute Gasteiger partial charge is 0.335 e. The molecule has 0 spiro atoms. The standard InChI is InChI=1S/C18H19FN6O/c19-15-4-1-3-14(9-15)10-24-12-17(21-22-24)18(26)25-7-2-5-16(25)11-23-8-6-20-13-23/h1,3-4,6,8-9,12-13,16H,2,5,7,10-11H2. The van der Waals surface area contributed by atoms with Gasteiger partial charge >= 0.3 is 0 Å². The van der Waals surface area contributed by atoms with Crippen molar-refractivity contribution in [3.8, 4) is 0 Å². The topological polar surface area (TPSA) is 68.8 Å². The molecule has 0 saturated carbocycles. The zero-order chi connectivity index (χ0) is 17.9. The number of likely N-dealkylation sites (tertiary alicyclic amines) is 1. The minimum atomic E-state index is -0.293. The number of benzene rings is 1. The highest BCUT2D eigenvalue weighted by Crippen LogP contribution is 2.21. The number of rotatable bonds is 5. The Bertz CT molecular complexity index is 891. The van der Waals surface area contributed by atoms with Crippen molar-refractivity contribution in [2.75, 3.05) is 6.54 Å². The van der Waals surface area contributed by atoms with E-state index in [1.807, 2.05) is 21.7 Å². The highest BCUT2D eigenvalue weighted by atomic mass is 19.1. The van der Waals surface area contributed by atoms with Gasteiger partial charge in [0.25, 0.3) is 5.91 Å². The van der Waals surface area contributed by atoms with Crippen LogP contribution in [0.15, 0.2) is 49.2 Å². The fourth-order valence-electron chi connectivity index (χ4n) is 3.37. The summed E-state index contributed by atoms with van der Waals surface area (Å²) in [4.78, 5) is 18.7. The van der Waals surface area contributed by atoms with Crippen molar-refractivity contribution in [1.82, 2.24) is 29.4 Å². The third kappa shape index (κ3) is 3.49. The van der Waals surface area contributed by atoms with Gasteiger partial charge in [-0.2, -0.15) is 0 Å². The summed E-state index contributed by atoms with van der Waals surface area (Å²) in [6, 6.07) is 6.44. The molecular weight excluding hydrogens is 335 g/mol. The predicted octanol–water partition coefficient (Wildman–Crippen LogP) is 1.97. The molecule has 3 aromatic rings. The van der Waals surface area contributed by atoms with Gasteiger partial charge in [-0.25, -0.2) is 14.1 Å². The zero-order valence-electron chi connectivity index (χ0n) is 14.2. The van der Waals surface area contributed by atoms with Crippen LogP contribution in [0.2, 0.25) is 0 Å². The van der Waals surface area contributed by atoms with Gasteiger partial charge in [0.1, 0.15) is 5.82 Å². The maximum atomic E-state index is 13.3. The van der Waals surface area contributed by atoms with Gasteiger partial charge < -0.3 is 9.47 Å². The van der Waals surface area contributed by atoms with Gasteiger partial charge in [0.05, 0.1) is 25.1 Å². The smallest absolute Gasteiger partial charge is 0.276 e. The first kappa shape index (κ1) is 16.4. The van der Waals surface area contributed by atoms with Crippen LogP contribution < -0.4 is 0 Å². The first-order valence-corrected chi connectivity index (χ1v) is 8.60. The van der Waals surface area contributed by atoms with Crippen molar-refractivity contribution < 1.29 is 9.18 Å². The summed E-state index contributed by atoms with van der Waals surface area (Å²) in [6.07, 6.45) is 8.95. The molecule has 7 nitrogen and oxygen atoms in total. The Morgan fingerprint density at radius 1 is 1.35 bits per heavy atom. The lowest BCUT2D eigenvalue weighted by molar-refractivity contribution is 0.0718. The van der Waals surface area contributed by atoms with Crippen molar-refractivity contribution >= 4 is 5.91 Å². The van der Waals surface area contributed by atoms with Crippen LogP contribution in [-0.4, -0.2) is 47.9 Å². The lowest BCUT2D eigenvalue weighted by atomic mass is 10.2. The van der Waals surface area contributed by atoms with Gasteiger partial charge in [-0.1, -0.05) is 17.3 Å². The molecule has 134 valence electrons. The third-order valence-corrected chi connectivity index (χ3v) is 4.61. The number of hydrogen-bond acceptors (Lipinski definition) is 4. The fourth-order valence-corrected chi connectivity index (χ4v) is 3.37. The van der Waals surface area contributed by atoms with E-state index >= 15 is 0 Å². The van der Waals surface area contributed by atoms with Crippen LogP contribution in [0.4, 0.5) is 4.39 Å². The minimum Gasteiger partial charge on any atom is -0.335 e. The van der Waals surface area contributed by atoms with E-state index in [9.17, 15) is 9.18 Å². The number of amides is 1. The fraction of sp³-hybridized carbons (Fsp3) is 0.333. The highest BCUT2D eigenvalue weighted by Gasteiger charge is 2.31. The minimum absolute atomic E-state index is 0.113. The second kappa shape index (κ2) is 7.07. The molecule has 0 aliphatic carbocycles. The molecular formula is C18H19FN6O. The van der Waals surface area contributed by atoms with Crippen LogP contribution in [0.25, 0.3) is 0 Å². The predicted molar refractivity (Wildman–Crippen MR) is 91.8 cm³/mol. The van der Waals surface area contributed by atoms with E-state index in [4.69, 9.17) is 0 Å². The highest BCUT2D eigenvalue weighted by molar-refractivity contribution is 5.92. The first-order chi connectivity index (χ1) is 12.7. The van der Waals surface area contributed by atoms with Crippen molar-refractivity contribution in [1.29, 1.82) is 0 Å². The molecule has 26 heavy (non-hydrogen) atoms. The van der Waals surface area contributed by atoms with E-state index in [0.29, 0.717) is 12.2 Å². The van der Waals surface area contributed by atoms with Crippen LogP contribution in [0.3, 0.4) is 0 Å². The second-order valence-electron chi connectivity index (χ2n) is 6.49. The van der Waals surface area contributed by atoms with Crippen molar-refractivity contribution in [2.24, 2.45) is 0 Å². The lowest BCUT2D eigenvalue weighted by Crippen LogP contribution is -2.38. The summed E-state index contributed by atoms with van der Waals surface area (Å²) < 4.78 is 16.8. The number of hydrogen-bond donors (Lipinski definition) is 0. The van der Waals surface area contributed by atoms with Crippen molar-refractivity contribution in [3.05, 3.63) is 66.3 Å². The van der Waals surface area contributed by atoms with E-state index in [0.717, 1.165) is 31.5 Å². The van der Waals surface area contributed by atoms with Gasteiger partial charge in [0.15, 0.2) is 5.69 Å². The average Bonchev–Trinajstić information content (AvgIpc) is 3.37. The maximum Gasteiger partial charge on any atom is 0.276 e. The van der Waals surface area contributed by atoms with Gasteiger partial charge in [0.2, 0.25) is 0 Å². The van der Waals surface area contributed by atoms with Crippen molar-refractivity contribution in [3.63, 3.8) is 0 Å². The van der Waals surface area contributed by atoms with Crippen LogP contribution in [0, 0.1) is 5.82 Å². The number of halogens is 1. The van der Waals surface area contributed by atoms with E-state index < -0.39 is 0 Å². The zero-order valence-corrected chi connectivity index (χ0v) is 14.2. The number of imidazole rings is 1. The Morgan fingerprint density at radius 2 is 2.27 bits per heavy atom. The molecule has 4 rings (SSSR count). The quantitative estimate of drug-likeness (QED) is 0.702. The molecule has 1 aromatic carbocycles. The molecule has 1 aliphatic heterocycles. The summed E-state index contributed by atoms with van der Waals surface area (Å²) in [6.45, 7) is 1.81. The Hall–Kier alpha value is -3.03. The summed E-state index contributed by atoms with van der Waals surface area (Å²) in [7, 11) is 0. The maximum absolute atomic E-state index is 13.3. The number of nitrogens with zero attached hydrogens (tertiary/aromatic N) is 6. The Morgan fingerprint density at radius 3 is 3.08 bits per heavy atom. The van der Waals surface area contributed by atoms with Gasteiger partial charge in [-0.05, 0) is 30.5 Å². The SMILES string of the molecule is O=C(c1cn(Cc2cccc(F)c2)nn1)N1CCCC1Cn1ccnc1. The molecule has 1 aliphatic rings. The Kier molecular flexibility index (Phi) is 4.47. The molecule has 1 fully saturated rings. The lowest BCUT2D eigenvalue weighted by Gasteiger charge is -2.24. The summed E-state index contributed by atoms with van der Waals surface area (Å²) in [5, 5.41) is 8.04. The Labute approximate surface area is 150 Å². The third-order valence-electron chi connectivity index (χ3n) is 4.61. The van der Waals surface area contributed by atoms with E-state index in [1.165, 1.54) is 12.1 Å². The molecule has 1 amide bonds. The average molecular weight is 354 g/mol. The molecule has 0 N–H and O–H groups in total. The molecule has 1 atom stereocenters. The molecule has 1 saturated heterocycles. The van der Waals surface area contributed by atoms with Gasteiger partial charge in [0, 0.05) is 25.5 Å². The monoisotopic (exact) mass is 354 g/mol. The van der Waals surface area contributed by atoms with Crippen LogP contribution in [0.5, 0.6) is 0 Å². The first-order valence-electron chi connectivity index (χ1n) is 8.60. The second-order valence-corrected chi connectivity index (χ2v) is 6.49. The summed E-state index contributed by atoms with van der Waals surface area (Å²) in [5.41, 5.74) is 1.09. The number of carbonyl (C=O) groups is 1. The molecule has 1 unspecified atom stereocenters. The van der Waals surface area contributed by atoms with Crippen molar-refractivity contribution in [2.45, 2.75) is 32.0 Å². The van der Waals surface area contributed by atoms with Gasteiger partial charge in [-0.15, -0.1) is 5.10 Å². The normalized spacial score (nSPS) is 17.0. The molecule has 0 radical (unpaired) electrons. The number of carbonyl (C=O) groups excluding carboxylic acids is 1. The van der Waals surface area contributed by atoms with Crippen LogP contribution in [-0.2, 0) is 13.1 Å². The van der Waals surface area contributed by atoms with Crippen LogP contribution in [0.1, 0.15) is 28.9 Å². The molecule has 2 aromatic heterocycles. The summed E-state index contributed by atoms with van der Waals surface area (Å²) in [5.74, 6) is -0.406. The van der Waals surface area contributed by atoms with Gasteiger partial charge in [-0.3, -0.25) is 4.79 Å². The molecule has 3 heterocycles. The van der Waals surface area contributed by atoms with E-state index in [1.54, 1.807) is 29.5 Å². The molecule has 8 heteroatoms. The number of aromatic nitrogens is 5.